The Labute approximate surface area is 192 Å². The molecule has 2 heterocycles. The van der Waals surface area contributed by atoms with Gasteiger partial charge >= 0.3 is 0 Å². The Morgan fingerprint density at radius 1 is 0.969 bits per heavy atom. The first-order chi connectivity index (χ1) is 15.5. The molecule has 0 saturated carbocycles. The van der Waals surface area contributed by atoms with E-state index in [4.69, 9.17) is 4.98 Å². The number of para-hydroxylation sites is 1. The Hall–Kier alpha value is -3.38. The quantitative estimate of drug-likeness (QED) is 0.332. The Morgan fingerprint density at radius 3 is 2.59 bits per heavy atom. The Morgan fingerprint density at radius 2 is 1.78 bits per heavy atom. The Balaban J connectivity index is 1.69. The third kappa shape index (κ3) is 5.08. The number of hydrogen-bond donors (Lipinski definition) is 2. The van der Waals surface area contributed by atoms with Crippen LogP contribution in [0.25, 0.3) is 11.0 Å². The number of carbonyl (C=O) groups excluding carboxylic acids is 1. The van der Waals surface area contributed by atoms with Gasteiger partial charge in [0.15, 0.2) is 5.65 Å². The molecule has 6 heteroatoms. The van der Waals surface area contributed by atoms with Crippen LogP contribution in [0.5, 0.6) is 0 Å². The van der Waals surface area contributed by atoms with Gasteiger partial charge < -0.3 is 10.6 Å². The van der Waals surface area contributed by atoms with Gasteiger partial charge in [0.25, 0.3) is 0 Å². The highest BCUT2D eigenvalue weighted by molar-refractivity contribution is 7.99. The van der Waals surface area contributed by atoms with E-state index in [1.54, 1.807) is 18.0 Å². The van der Waals surface area contributed by atoms with E-state index in [9.17, 15) is 4.79 Å². The number of amides is 1. The maximum atomic E-state index is 11.6. The summed E-state index contributed by atoms with van der Waals surface area (Å²) in [4.78, 5) is 22.9. The van der Waals surface area contributed by atoms with Gasteiger partial charge in [-0.1, -0.05) is 43.3 Å². The van der Waals surface area contributed by atoms with Crippen LogP contribution in [-0.2, 0) is 11.2 Å². The topological polar surface area (TPSA) is 66.9 Å². The van der Waals surface area contributed by atoms with Crippen molar-refractivity contribution in [2.75, 3.05) is 10.6 Å². The second kappa shape index (κ2) is 9.83. The smallest absolute Gasteiger partial charge is 0.221 e. The van der Waals surface area contributed by atoms with Crippen molar-refractivity contribution in [3.8, 4) is 0 Å². The standard InChI is InChI=1S/C26H26N4OS/c1-4-7-19-11-12-20-21(14-15-27-26(20)29-19)30-23-16-17(2)10-13-25(23)32-24-9-6-5-8-22(24)28-18(3)31/h5-6,8-16H,4,7H2,1-3H3,(H,28,31)(H,27,29,30). The maximum Gasteiger partial charge on any atom is 0.221 e. The molecule has 32 heavy (non-hydrogen) atoms. The van der Waals surface area contributed by atoms with Crippen LogP contribution in [0.2, 0.25) is 0 Å². The number of anilines is 3. The fourth-order valence-corrected chi connectivity index (χ4v) is 4.48. The lowest BCUT2D eigenvalue weighted by atomic mass is 10.1. The predicted molar refractivity (Wildman–Crippen MR) is 133 cm³/mol. The first-order valence-corrected chi connectivity index (χ1v) is 11.5. The summed E-state index contributed by atoms with van der Waals surface area (Å²) < 4.78 is 0. The number of hydrogen-bond acceptors (Lipinski definition) is 5. The Kier molecular flexibility index (Phi) is 6.71. The highest BCUT2D eigenvalue weighted by Crippen LogP contribution is 2.39. The molecule has 0 unspecified atom stereocenters. The Bertz CT molecular complexity index is 1270. The van der Waals surface area contributed by atoms with E-state index in [0.29, 0.717) is 0 Å². The van der Waals surface area contributed by atoms with Crippen LogP contribution >= 0.6 is 11.8 Å². The summed E-state index contributed by atoms with van der Waals surface area (Å²) in [7, 11) is 0. The lowest BCUT2D eigenvalue weighted by Crippen LogP contribution is -2.06. The zero-order valence-electron chi connectivity index (χ0n) is 18.5. The number of rotatable bonds is 7. The molecule has 2 aromatic heterocycles. The zero-order valence-corrected chi connectivity index (χ0v) is 19.3. The SMILES string of the molecule is CCCc1ccc2c(Nc3cc(C)ccc3Sc3ccccc3NC(C)=O)ccnc2n1. The summed E-state index contributed by atoms with van der Waals surface area (Å²) in [6.07, 6.45) is 3.80. The number of benzene rings is 2. The van der Waals surface area contributed by atoms with Crippen molar-refractivity contribution < 1.29 is 4.79 Å². The second-order valence-electron chi connectivity index (χ2n) is 7.69. The third-order valence-corrected chi connectivity index (χ3v) is 6.14. The molecule has 0 bridgehead atoms. The molecule has 4 aromatic rings. The minimum atomic E-state index is -0.0847. The van der Waals surface area contributed by atoms with Crippen LogP contribution in [0.15, 0.2) is 76.7 Å². The van der Waals surface area contributed by atoms with E-state index in [-0.39, 0.29) is 5.91 Å². The average Bonchev–Trinajstić information content (AvgIpc) is 2.77. The molecule has 2 aromatic carbocycles. The van der Waals surface area contributed by atoms with Crippen LogP contribution in [0.1, 0.15) is 31.5 Å². The number of nitrogens with one attached hydrogen (secondary N) is 2. The molecular weight excluding hydrogens is 416 g/mol. The molecule has 0 aliphatic heterocycles. The lowest BCUT2D eigenvalue weighted by molar-refractivity contribution is -0.114. The van der Waals surface area contributed by atoms with Gasteiger partial charge in [-0.25, -0.2) is 9.97 Å². The van der Waals surface area contributed by atoms with Gasteiger partial charge in [0, 0.05) is 34.0 Å². The van der Waals surface area contributed by atoms with Crippen molar-refractivity contribution >= 4 is 45.8 Å². The van der Waals surface area contributed by atoms with E-state index in [2.05, 4.69) is 59.8 Å². The fourth-order valence-electron chi connectivity index (χ4n) is 3.52. The van der Waals surface area contributed by atoms with Gasteiger partial charge in [0.2, 0.25) is 5.91 Å². The molecule has 2 N–H and O–H groups in total. The van der Waals surface area contributed by atoms with E-state index in [1.807, 2.05) is 30.3 Å². The molecule has 0 spiro atoms. The van der Waals surface area contributed by atoms with Crippen LogP contribution in [-0.4, -0.2) is 15.9 Å². The van der Waals surface area contributed by atoms with Crippen LogP contribution in [0, 0.1) is 6.92 Å². The van der Waals surface area contributed by atoms with E-state index in [0.717, 1.165) is 62.0 Å². The van der Waals surface area contributed by atoms with Crippen molar-refractivity contribution in [2.24, 2.45) is 0 Å². The van der Waals surface area contributed by atoms with Gasteiger partial charge in [0.1, 0.15) is 0 Å². The summed E-state index contributed by atoms with van der Waals surface area (Å²) in [5.74, 6) is -0.0847. The van der Waals surface area contributed by atoms with Crippen molar-refractivity contribution in [1.29, 1.82) is 0 Å². The van der Waals surface area contributed by atoms with Crippen LogP contribution in [0.4, 0.5) is 17.1 Å². The highest BCUT2D eigenvalue weighted by Gasteiger charge is 2.12. The average molecular weight is 443 g/mol. The number of aryl methyl sites for hydroxylation is 2. The zero-order chi connectivity index (χ0) is 22.5. The van der Waals surface area contributed by atoms with Crippen molar-refractivity contribution in [1.82, 2.24) is 9.97 Å². The summed E-state index contributed by atoms with van der Waals surface area (Å²) in [6, 6.07) is 20.3. The molecule has 162 valence electrons. The van der Waals surface area contributed by atoms with Gasteiger partial charge in [-0.3, -0.25) is 4.79 Å². The molecule has 0 aliphatic rings. The van der Waals surface area contributed by atoms with Gasteiger partial charge in [0.05, 0.1) is 17.1 Å². The van der Waals surface area contributed by atoms with Gasteiger partial charge in [-0.05, 0) is 61.4 Å². The normalized spacial score (nSPS) is 10.8. The molecule has 4 rings (SSSR count). The minimum absolute atomic E-state index is 0.0847. The van der Waals surface area contributed by atoms with Crippen molar-refractivity contribution in [3.05, 3.63) is 78.1 Å². The third-order valence-electron chi connectivity index (χ3n) is 4.99. The first kappa shape index (κ1) is 21.8. The second-order valence-corrected chi connectivity index (χ2v) is 8.77. The van der Waals surface area contributed by atoms with E-state index in [1.165, 1.54) is 6.92 Å². The van der Waals surface area contributed by atoms with Crippen molar-refractivity contribution in [3.63, 3.8) is 0 Å². The number of carbonyl (C=O) groups is 1. The summed E-state index contributed by atoms with van der Waals surface area (Å²) in [5.41, 5.74) is 5.74. The van der Waals surface area contributed by atoms with Gasteiger partial charge in [-0.2, -0.15) is 0 Å². The number of nitrogens with zero attached hydrogens (tertiary/aromatic N) is 2. The lowest BCUT2D eigenvalue weighted by Gasteiger charge is -2.16. The first-order valence-electron chi connectivity index (χ1n) is 10.7. The van der Waals surface area contributed by atoms with Crippen LogP contribution in [0.3, 0.4) is 0 Å². The van der Waals surface area contributed by atoms with Gasteiger partial charge in [-0.15, -0.1) is 0 Å². The van der Waals surface area contributed by atoms with Crippen molar-refractivity contribution in [2.45, 2.75) is 43.4 Å². The fraction of sp³-hybridized carbons (Fsp3) is 0.192. The molecule has 0 fully saturated rings. The molecule has 0 radical (unpaired) electrons. The molecule has 1 amide bonds. The largest absolute Gasteiger partial charge is 0.354 e. The predicted octanol–water partition coefficient (Wildman–Crippen LogP) is 6.74. The summed E-state index contributed by atoms with van der Waals surface area (Å²) in [6.45, 7) is 5.75. The molecule has 0 atom stereocenters. The molecule has 0 aliphatic carbocycles. The van der Waals surface area contributed by atoms with E-state index < -0.39 is 0 Å². The molecule has 0 saturated heterocycles. The number of aromatic nitrogens is 2. The maximum absolute atomic E-state index is 11.6. The minimum Gasteiger partial charge on any atom is -0.354 e. The van der Waals surface area contributed by atoms with E-state index >= 15 is 0 Å². The highest BCUT2D eigenvalue weighted by atomic mass is 32.2. The summed E-state index contributed by atoms with van der Waals surface area (Å²) >= 11 is 1.62. The monoisotopic (exact) mass is 442 g/mol. The number of pyridine rings is 2. The molecule has 5 nitrogen and oxygen atoms in total. The number of fused-ring (bicyclic) bond motifs is 1. The summed E-state index contributed by atoms with van der Waals surface area (Å²) in [5, 5.41) is 7.51. The molecular formula is C26H26N4OS. The van der Waals surface area contributed by atoms with Crippen LogP contribution < -0.4 is 10.6 Å².